The molecule has 1 aliphatic rings. The maximum atomic E-state index is 12.2. The molecule has 1 saturated heterocycles. The van der Waals surface area contributed by atoms with Crippen LogP contribution in [0.4, 0.5) is 0 Å². The number of halogens is 1. The molecule has 0 bridgehead atoms. The fourth-order valence-electron chi connectivity index (χ4n) is 2.26. The SMILES string of the molecule is CCC(C(=O)NCCN1CCOCC1)n1cc(Br)cn1. The lowest BCUT2D eigenvalue weighted by atomic mass is 10.2. The predicted octanol–water partition coefficient (Wildman–Crippen LogP) is 1.05. The van der Waals surface area contributed by atoms with Crippen LogP contribution in [0.3, 0.4) is 0 Å². The second-order valence-electron chi connectivity index (χ2n) is 4.81. The van der Waals surface area contributed by atoms with Gasteiger partial charge in [0.15, 0.2) is 0 Å². The molecule has 6 nitrogen and oxygen atoms in total. The number of amides is 1. The smallest absolute Gasteiger partial charge is 0.244 e. The molecule has 2 rings (SSSR count). The lowest BCUT2D eigenvalue weighted by Crippen LogP contribution is -2.42. The molecule has 112 valence electrons. The number of carbonyl (C=O) groups excluding carboxylic acids is 1. The summed E-state index contributed by atoms with van der Waals surface area (Å²) in [4.78, 5) is 14.5. The summed E-state index contributed by atoms with van der Waals surface area (Å²) in [6, 6.07) is -0.244. The predicted molar refractivity (Wildman–Crippen MR) is 79.5 cm³/mol. The van der Waals surface area contributed by atoms with Crippen LogP contribution in [0.25, 0.3) is 0 Å². The molecule has 0 radical (unpaired) electrons. The van der Waals surface area contributed by atoms with E-state index in [1.165, 1.54) is 0 Å². The van der Waals surface area contributed by atoms with E-state index < -0.39 is 0 Å². The highest BCUT2D eigenvalue weighted by atomic mass is 79.9. The molecule has 20 heavy (non-hydrogen) atoms. The Morgan fingerprint density at radius 2 is 2.30 bits per heavy atom. The summed E-state index contributed by atoms with van der Waals surface area (Å²) in [5, 5.41) is 7.18. The molecule has 1 aromatic rings. The van der Waals surface area contributed by atoms with Crippen molar-refractivity contribution in [1.82, 2.24) is 20.0 Å². The van der Waals surface area contributed by atoms with Crippen molar-refractivity contribution in [2.75, 3.05) is 39.4 Å². The van der Waals surface area contributed by atoms with Gasteiger partial charge in [-0.3, -0.25) is 14.4 Å². The average molecular weight is 345 g/mol. The van der Waals surface area contributed by atoms with Gasteiger partial charge in [-0.15, -0.1) is 0 Å². The van der Waals surface area contributed by atoms with Crippen LogP contribution in [-0.4, -0.2) is 60.0 Å². The van der Waals surface area contributed by atoms with Crippen LogP contribution in [0.5, 0.6) is 0 Å². The highest BCUT2D eigenvalue weighted by Crippen LogP contribution is 2.14. The largest absolute Gasteiger partial charge is 0.379 e. The number of nitrogens with zero attached hydrogens (tertiary/aromatic N) is 3. The van der Waals surface area contributed by atoms with Gasteiger partial charge in [0, 0.05) is 32.4 Å². The Morgan fingerprint density at radius 1 is 1.55 bits per heavy atom. The van der Waals surface area contributed by atoms with E-state index in [4.69, 9.17) is 4.74 Å². The van der Waals surface area contributed by atoms with E-state index in [1.54, 1.807) is 10.9 Å². The Balaban J connectivity index is 1.77. The number of carbonyl (C=O) groups is 1. The summed E-state index contributed by atoms with van der Waals surface area (Å²) in [6.07, 6.45) is 4.25. The summed E-state index contributed by atoms with van der Waals surface area (Å²) < 4.78 is 7.89. The van der Waals surface area contributed by atoms with E-state index >= 15 is 0 Å². The molecular weight excluding hydrogens is 324 g/mol. The normalized spacial score (nSPS) is 17.9. The van der Waals surface area contributed by atoms with Crippen LogP contribution in [0.1, 0.15) is 19.4 Å². The molecule has 1 unspecified atom stereocenters. The van der Waals surface area contributed by atoms with Gasteiger partial charge in [-0.2, -0.15) is 5.10 Å². The number of hydrogen-bond acceptors (Lipinski definition) is 4. The fraction of sp³-hybridized carbons (Fsp3) is 0.692. The molecule has 1 aromatic heterocycles. The van der Waals surface area contributed by atoms with Gasteiger partial charge in [0.05, 0.1) is 23.9 Å². The third-order valence-electron chi connectivity index (χ3n) is 3.41. The van der Waals surface area contributed by atoms with E-state index in [0.29, 0.717) is 6.54 Å². The average Bonchev–Trinajstić information content (AvgIpc) is 2.87. The van der Waals surface area contributed by atoms with E-state index in [2.05, 4.69) is 31.2 Å². The molecule has 1 N–H and O–H groups in total. The van der Waals surface area contributed by atoms with Crippen molar-refractivity contribution >= 4 is 21.8 Å². The van der Waals surface area contributed by atoms with Gasteiger partial charge >= 0.3 is 0 Å². The Kier molecular flexibility index (Phi) is 6.00. The van der Waals surface area contributed by atoms with Gasteiger partial charge in [-0.05, 0) is 22.4 Å². The monoisotopic (exact) mass is 344 g/mol. The van der Waals surface area contributed by atoms with Crippen molar-refractivity contribution in [2.24, 2.45) is 0 Å². The van der Waals surface area contributed by atoms with E-state index in [0.717, 1.165) is 43.7 Å². The minimum Gasteiger partial charge on any atom is -0.379 e. The molecule has 1 aliphatic heterocycles. The molecule has 1 atom stereocenters. The molecule has 7 heteroatoms. The van der Waals surface area contributed by atoms with E-state index in [9.17, 15) is 4.79 Å². The highest BCUT2D eigenvalue weighted by Gasteiger charge is 2.19. The Morgan fingerprint density at radius 3 is 2.90 bits per heavy atom. The third kappa shape index (κ3) is 4.29. The van der Waals surface area contributed by atoms with Crippen LogP contribution in [0.15, 0.2) is 16.9 Å². The maximum Gasteiger partial charge on any atom is 0.244 e. The highest BCUT2D eigenvalue weighted by molar-refractivity contribution is 9.10. The molecular formula is C13H21BrN4O2. The summed E-state index contributed by atoms with van der Waals surface area (Å²) in [7, 11) is 0. The first-order valence-corrected chi connectivity index (χ1v) is 7.77. The third-order valence-corrected chi connectivity index (χ3v) is 3.82. The molecule has 0 aliphatic carbocycles. The minimum absolute atomic E-state index is 0.0244. The molecule has 0 saturated carbocycles. The fourth-order valence-corrected chi connectivity index (χ4v) is 2.56. The number of morpholine rings is 1. The summed E-state index contributed by atoms with van der Waals surface area (Å²) in [5.74, 6) is 0.0244. The number of rotatable bonds is 6. The van der Waals surface area contributed by atoms with Crippen molar-refractivity contribution in [3.05, 3.63) is 16.9 Å². The van der Waals surface area contributed by atoms with Crippen LogP contribution in [0, 0.1) is 0 Å². The van der Waals surface area contributed by atoms with Gasteiger partial charge in [-0.25, -0.2) is 0 Å². The van der Waals surface area contributed by atoms with Crippen molar-refractivity contribution in [3.8, 4) is 0 Å². The van der Waals surface area contributed by atoms with Gasteiger partial charge in [-0.1, -0.05) is 6.92 Å². The first-order chi connectivity index (χ1) is 9.70. The molecule has 2 heterocycles. The van der Waals surface area contributed by atoms with Gasteiger partial charge in [0.1, 0.15) is 6.04 Å². The number of aromatic nitrogens is 2. The van der Waals surface area contributed by atoms with E-state index in [-0.39, 0.29) is 11.9 Å². The van der Waals surface area contributed by atoms with E-state index in [1.807, 2.05) is 13.1 Å². The second-order valence-corrected chi connectivity index (χ2v) is 5.72. The number of ether oxygens (including phenoxy) is 1. The quantitative estimate of drug-likeness (QED) is 0.837. The van der Waals surface area contributed by atoms with Crippen LogP contribution >= 0.6 is 15.9 Å². The molecule has 0 spiro atoms. The van der Waals surface area contributed by atoms with Crippen LogP contribution < -0.4 is 5.32 Å². The Labute approximate surface area is 127 Å². The Bertz CT molecular complexity index is 432. The van der Waals surface area contributed by atoms with Crippen molar-refractivity contribution in [3.63, 3.8) is 0 Å². The van der Waals surface area contributed by atoms with Crippen molar-refractivity contribution < 1.29 is 9.53 Å². The van der Waals surface area contributed by atoms with Gasteiger partial charge in [0.2, 0.25) is 5.91 Å². The molecule has 1 amide bonds. The lowest BCUT2D eigenvalue weighted by Gasteiger charge is -2.26. The maximum absolute atomic E-state index is 12.2. The van der Waals surface area contributed by atoms with Gasteiger partial charge < -0.3 is 10.1 Å². The number of nitrogens with one attached hydrogen (secondary N) is 1. The zero-order chi connectivity index (χ0) is 14.4. The summed E-state index contributed by atoms with van der Waals surface area (Å²) >= 11 is 3.35. The number of hydrogen-bond donors (Lipinski definition) is 1. The summed E-state index contributed by atoms with van der Waals surface area (Å²) in [5.41, 5.74) is 0. The first-order valence-electron chi connectivity index (χ1n) is 6.98. The van der Waals surface area contributed by atoms with Crippen molar-refractivity contribution in [1.29, 1.82) is 0 Å². The topological polar surface area (TPSA) is 59.4 Å². The molecule has 0 aromatic carbocycles. The zero-order valence-corrected chi connectivity index (χ0v) is 13.3. The lowest BCUT2D eigenvalue weighted by molar-refractivity contribution is -0.124. The van der Waals surface area contributed by atoms with Crippen LogP contribution in [-0.2, 0) is 9.53 Å². The first kappa shape index (κ1) is 15.5. The second kappa shape index (κ2) is 7.75. The zero-order valence-electron chi connectivity index (χ0n) is 11.7. The Hall–Kier alpha value is -0.920. The van der Waals surface area contributed by atoms with Gasteiger partial charge in [0.25, 0.3) is 0 Å². The molecule has 1 fully saturated rings. The van der Waals surface area contributed by atoms with Crippen molar-refractivity contribution in [2.45, 2.75) is 19.4 Å². The van der Waals surface area contributed by atoms with Crippen LogP contribution in [0.2, 0.25) is 0 Å². The minimum atomic E-state index is -0.244. The standard InChI is InChI=1S/C13H21BrN4O2/c1-2-12(18-10-11(14)9-16-18)13(19)15-3-4-17-5-7-20-8-6-17/h9-10,12H,2-8H2,1H3,(H,15,19). The summed E-state index contributed by atoms with van der Waals surface area (Å²) in [6.45, 7) is 6.98.